The molecule has 0 radical (unpaired) electrons. The van der Waals surface area contributed by atoms with Gasteiger partial charge in [-0.05, 0) is 32.4 Å². The first kappa shape index (κ1) is 27.8. The summed E-state index contributed by atoms with van der Waals surface area (Å²) < 4.78 is 36.3. The fourth-order valence-electron chi connectivity index (χ4n) is 3.42. The van der Waals surface area contributed by atoms with Gasteiger partial charge < -0.3 is 9.64 Å². The van der Waals surface area contributed by atoms with E-state index in [-0.39, 0.29) is 5.75 Å². The first-order valence-corrected chi connectivity index (χ1v) is 13.4. The van der Waals surface area contributed by atoms with Crippen LogP contribution in [0.25, 0.3) is 0 Å². The molecule has 28 heavy (non-hydrogen) atoms. The minimum absolute atomic E-state index is 0.155. The lowest BCUT2D eigenvalue weighted by Gasteiger charge is -2.22. The maximum absolute atomic E-state index is 10.9. The molecule has 0 unspecified atom stereocenters. The number of hydrogen-bond acceptors (Lipinski definition) is 4. The predicted molar refractivity (Wildman–Crippen MR) is 120 cm³/mol. The van der Waals surface area contributed by atoms with E-state index in [0.29, 0.717) is 19.6 Å². The third kappa shape index (κ3) is 22.1. The smallest absolute Gasteiger partial charge is 0.264 e. The van der Waals surface area contributed by atoms with Crippen LogP contribution >= 0.6 is 0 Å². The van der Waals surface area contributed by atoms with E-state index in [1.54, 1.807) is 0 Å². The standard InChI is InChI=1S/C22H47NO4S/c1-3-5-6-7-8-9-10-11-12-13-14-15-17-23(19-21-27-20-4-2)18-16-22-28(24,25)26/h3-22H2,1-2H3,(H,24,25,26). The highest BCUT2D eigenvalue weighted by Crippen LogP contribution is 2.12. The van der Waals surface area contributed by atoms with E-state index in [1.807, 2.05) is 0 Å². The summed E-state index contributed by atoms with van der Waals surface area (Å²) >= 11 is 0. The van der Waals surface area contributed by atoms with Gasteiger partial charge >= 0.3 is 0 Å². The van der Waals surface area contributed by atoms with Gasteiger partial charge in [0.1, 0.15) is 0 Å². The second-order valence-electron chi connectivity index (χ2n) is 7.98. The molecule has 0 aliphatic carbocycles. The first-order chi connectivity index (χ1) is 13.5. The molecule has 170 valence electrons. The van der Waals surface area contributed by atoms with Crippen molar-refractivity contribution in [1.29, 1.82) is 0 Å². The minimum Gasteiger partial charge on any atom is -0.380 e. The second-order valence-corrected chi connectivity index (χ2v) is 9.55. The molecule has 0 saturated heterocycles. The molecule has 0 aromatic carbocycles. The summed E-state index contributed by atoms with van der Waals surface area (Å²) in [5, 5.41) is 0. The van der Waals surface area contributed by atoms with Gasteiger partial charge in [0.15, 0.2) is 0 Å². The fourth-order valence-corrected chi connectivity index (χ4v) is 3.92. The van der Waals surface area contributed by atoms with E-state index in [4.69, 9.17) is 9.29 Å². The molecule has 0 aliphatic heterocycles. The Hall–Kier alpha value is -0.170. The van der Waals surface area contributed by atoms with Gasteiger partial charge in [0.25, 0.3) is 10.1 Å². The van der Waals surface area contributed by atoms with Crippen molar-refractivity contribution in [2.75, 3.05) is 38.6 Å². The molecule has 0 rings (SSSR count). The van der Waals surface area contributed by atoms with E-state index in [2.05, 4.69) is 18.7 Å². The van der Waals surface area contributed by atoms with Crippen LogP contribution in [0.3, 0.4) is 0 Å². The second kappa shape index (κ2) is 20.1. The van der Waals surface area contributed by atoms with Gasteiger partial charge in [0, 0.05) is 13.2 Å². The zero-order chi connectivity index (χ0) is 20.9. The molecular weight excluding hydrogens is 374 g/mol. The summed E-state index contributed by atoms with van der Waals surface area (Å²) in [5.41, 5.74) is 0. The Bertz CT molecular complexity index is 415. The van der Waals surface area contributed by atoms with Crippen LogP contribution in [0.15, 0.2) is 0 Å². The van der Waals surface area contributed by atoms with Gasteiger partial charge in [-0.1, -0.05) is 84.5 Å². The van der Waals surface area contributed by atoms with Gasteiger partial charge in [-0.2, -0.15) is 8.42 Å². The monoisotopic (exact) mass is 421 g/mol. The summed E-state index contributed by atoms with van der Waals surface area (Å²) in [5.74, 6) is -0.155. The maximum Gasteiger partial charge on any atom is 0.264 e. The Morgan fingerprint density at radius 2 is 1.14 bits per heavy atom. The topological polar surface area (TPSA) is 66.8 Å². The van der Waals surface area contributed by atoms with E-state index < -0.39 is 10.1 Å². The number of nitrogens with zero attached hydrogens (tertiary/aromatic N) is 1. The van der Waals surface area contributed by atoms with Crippen molar-refractivity contribution in [2.45, 2.75) is 104 Å². The van der Waals surface area contributed by atoms with Crippen molar-refractivity contribution in [1.82, 2.24) is 4.90 Å². The molecule has 0 amide bonds. The van der Waals surface area contributed by atoms with Crippen molar-refractivity contribution < 1.29 is 17.7 Å². The SMILES string of the molecule is CCCCCCCCCCCCCCN(CCCS(=O)(=O)O)CCOCCC. The molecule has 0 aromatic heterocycles. The molecule has 1 N–H and O–H groups in total. The Balaban J connectivity index is 3.70. The average molecular weight is 422 g/mol. The van der Waals surface area contributed by atoms with Crippen LogP contribution in [-0.2, 0) is 14.9 Å². The highest BCUT2D eigenvalue weighted by molar-refractivity contribution is 7.85. The molecule has 6 heteroatoms. The number of rotatable bonds is 22. The summed E-state index contributed by atoms with van der Waals surface area (Å²) in [6, 6.07) is 0. The summed E-state index contributed by atoms with van der Waals surface area (Å²) in [6.45, 7) is 8.35. The van der Waals surface area contributed by atoms with E-state index in [9.17, 15) is 8.42 Å². The van der Waals surface area contributed by atoms with Crippen LogP contribution in [0.4, 0.5) is 0 Å². The molecular formula is C22H47NO4S. The molecule has 0 aliphatic rings. The van der Waals surface area contributed by atoms with E-state index >= 15 is 0 Å². The molecule has 0 fully saturated rings. The molecule has 0 bridgehead atoms. The van der Waals surface area contributed by atoms with Crippen molar-refractivity contribution in [3.63, 3.8) is 0 Å². The highest BCUT2D eigenvalue weighted by atomic mass is 32.2. The lowest BCUT2D eigenvalue weighted by atomic mass is 10.1. The zero-order valence-electron chi connectivity index (χ0n) is 18.7. The van der Waals surface area contributed by atoms with Crippen LogP contribution in [0.2, 0.25) is 0 Å². The third-order valence-corrected chi connectivity index (χ3v) is 5.91. The number of hydrogen-bond donors (Lipinski definition) is 1. The highest BCUT2D eigenvalue weighted by Gasteiger charge is 2.09. The van der Waals surface area contributed by atoms with Crippen LogP contribution < -0.4 is 0 Å². The predicted octanol–water partition coefficient (Wildman–Crippen LogP) is 5.69. The molecule has 0 spiro atoms. The van der Waals surface area contributed by atoms with Gasteiger partial charge in [0.2, 0.25) is 0 Å². The van der Waals surface area contributed by atoms with Crippen LogP contribution in [0.5, 0.6) is 0 Å². The summed E-state index contributed by atoms with van der Waals surface area (Å²) in [6.07, 6.45) is 17.6. The Morgan fingerprint density at radius 3 is 1.64 bits per heavy atom. The molecule has 0 aromatic rings. The van der Waals surface area contributed by atoms with Crippen LogP contribution in [-0.4, -0.2) is 56.5 Å². The Morgan fingerprint density at radius 1 is 0.643 bits per heavy atom. The lowest BCUT2D eigenvalue weighted by molar-refractivity contribution is 0.103. The van der Waals surface area contributed by atoms with Gasteiger partial charge in [0.05, 0.1) is 12.4 Å². The summed E-state index contributed by atoms with van der Waals surface area (Å²) in [4.78, 5) is 2.27. The molecule has 5 nitrogen and oxygen atoms in total. The normalized spacial score (nSPS) is 12.1. The first-order valence-electron chi connectivity index (χ1n) is 11.7. The van der Waals surface area contributed by atoms with Crippen LogP contribution in [0.1, 0.15) is 104 Å². The number of ether oxygens (including phenoxy) is 1. The lowest BCUT2D eigenvalue weighted by Crippen LogP contribution is -2.31. The van der Waals surface area contributed by atoms with Crippen molar-refractivity contribution in [3.05, 3.63) is 0 Å². The average Bonchev–Trinajstić information content (AvgIpc) is 2.64. The Kier molecular flexibility index (Phi) is 20.0. The largest absolute Gasteiger partial charge is 0.380 e. The Labute approximate surface area is 175 Å². The molecule has 0 heterocycles. The maximum atomic E-state index is 10.9. The van der Waals surface area contributed by atoms with E-state index in [1.165, 1.54) is 70.6 Å². The fraction of sp³-hybridized carbons (Fsp3) is 1.00. The van der Waals surface area contributed by atoms with Crippen molar-refractivity contribution in [2.24, 2.45) is 0 Å². The van der Waals surface area contributed by atoms with Crippen LogP contribution in [0, 0.1) is 0 Å². The van der Waals surface area contributed by atoms with E-state index in [0.717, 1.165) is 32.5 Å². The van der Waals surface area contributed by atoms with Crippen molar-refractivity contribution in [3.8, 4) is 0 Å². The van der Waals surface area contributed by atoms with Gasteiger partial charge in [-0.15, -0.1) is 0 Å². The minimum atomic E-state index is -3.85. The molecule has 0 atom stereocenters. The van der Waals surface area contributed by atoms with Gasteiger partial charge in [-0.3, -0.25) is 4.55 Å². The zero-order valence-corrected chi connectivity index (χ0v) is 19.5. The van der Waals surface area contributed by atoms with Gasteiger partial charge in [-0.25, -0.2) is 0 Å². The number of unbranched alkanes of at least 4 members (excludes halogenated alkanes) is 11. The molecule has 0 saturated carbocycles. The third-order valence-electron chi connectivity index (χ3n) is 5.10. The van der Waals surface area contributed by atoms with Crippen molar-refractivity contribution >= 4 is 10.1 Å². The summed E-state index contributed by atoms with van der Waals surface area (Å²) in [7, 11) is -3.85. The quantitative estimate of drug-likeness (QED) is 0.179.